The summed E-state index contributed by atoms with van der Waals surface area (Å²) in [7, 11) is -3.25. The number of carbonyl (C=O) groups is 2. The molecule has 0 aromatic heterocycles. The number of carboxylic acids is 1. The van der Waals surface area contributed by atoms with Crippen molar-refractivity contribution < 1.29 is 23.1 Å². The number of anilines is 1. The minimum atomic E-state index is -3.25. The number of aryl methyl sites for hydroxylation is 1. The molecule has 2 atom stereocenters. The van der Waals surface area contributed by atoms with Gasteiger partial charge in [-0.2, -0.15) is 0 Å². The van der Waals surface area contributed by atoms with Crippen molar-refractivity contribution in [3.63, 3.8) is 0 Å². The summed E-state index contributed by atoms with van der Waals surface area (Å²) in [6.45, 7) is 0. The Bertz CT molecular complexity index is 725. The molecule has 2 unspecified atom stereocenters. The lowest BCUT2D eigenvalue weighted by Crippen LogP contribution is -2.41. The Morgan fingerprint density at radius 1 is 1.19 bits per heavy atom. The van der Waals surface area contributed by atoms with E-state index < -0.39 is 27.6 Å². The third kappa shape index (κ3) is 2.42. The van der Waals surface area contributed by atoms with Crippen molar-refractivity contribution in [1.29, 1.82) is 0 Å². The topological polar surface area (TPSA) is 101 Å². The number of aliphatic carboxylic acids is 1. The Kier molecular flexibility index (Phi) is 3.24. The van der Waals surface area contributed by atoms with Crippen LogP contribution in [0.25, 0.3) is 0 Å². The first kappa shape index (κ1) is 14.1. The highest BCUT2D eigenvalue weighted by molar-refractivity contribution is 7.91. The highest BCUT2D eigenvalue weighted by Crippen LogP contribution is 2.36. The first-order valence-electron chi connectivity index (χ1n) is 6.78. The van der Waals surface area contributed by atoms with E-state index in [-0.39, 0.29) is 16.6 Å². The number of sulfone groups is 1. The molecule has 1 aliphatic carbocycles. The predicted molar refractivity (Wildman–Crippen MR) is 74.7 cm³/mol. The first-order valence-corrected chi connectivity index (χ1v) is 8.43. The van der Waals surface area contributed by atoms with Gasteiger partial charge in [-0.3, -0.25) is 9.59 Å². The van der Waals surface area contributed by atoms with Gasteiger partial charge in [0.15, 0.2) is 9.84 Å². The van der Waals surface area contributed by atoms with Crippen LogP contribution >= 0.6 is 0 Å². The molecule has 0 bridgehead atoms. The highest BCUT2D eigenvalue weighted by Gasteiger charge is 2.41. The van der Waals surface area contributed by atoms with Crippen LogP contribution in [0.2, 0.25) is 0 Å². The zero-order valence-electron chi connectivity index (χ0n) is 11.2. The molecule has 112 valence electrons. The van der Waals surface area contributed by atoms with E-state index in [1.54, 1.807) is 12.1 Å². The average Bonchev–Trinajstić information content (AvgIpc) is 2.63. The van der Waals surface area contributed by atoms with Crippen LogP contribution in [0.1, 0.15) is 18.4 Å². The van der Waals surface area contributed by atoms with Gasteiger partial charge in [0, 0.05) is 5.69 Å². The van der Waals surface area contributed by atoms with Crippen LogP contribution in [0.4, 0.5) is 5.69 Å². The third-order valence-electron chi connectivity index (χ3n) is 4.24. The molecule has 1 aromatic carbocycles. The van der Waals surface area contributed by atoms with Gasteiger partial charge in [-0.1, -0.05) is 6.07 Å². The van der Waals surface area contributed by atoms with E-state index >= 15 is 0 Å². The SMILES string of the molecule is O=C(O)C1CCC1C(=O)Nc1ccc2c(c1)S(=O)(=O)CC2. The summed E-state index contributed by atoms with van der Waals surface area (Å²) in [6, 6.07) is 4.82. The number of rotatable bonds is 3. The van der Waals surface area contributed by atoms with Gasteiger partial charge < -0.3 is 10.4 Å². The summed E-state index contributed by atoms with van der Waals surface area (Å²) in [5.41, 5.74) is 1.17. The first-order chi connectivity index (χ1) is 9.88. The van der Waals surface area contributed by atoms with Crippen molar-refractivity contribution in [1.82, 2.24) is 0 Å². The van der Waals surface area contributed by atoms with Gasteiger partial charge in [-0.25, -0.2) is 8.42 Å². The number of nitrogens with one attached hydrogen (secondary N) is 1. The smallest absolute Gasteiger partial charge is 0.307 e. The molecule has 0 spiro atoms. The van der Waals surface area contributed by atoms with Gasteiger partial charge in [0.25, 0.3) is 0 Å². The summed E-state index contributed by atoms with van der Waals surface area (Å²) in [6.07, 6.45) is 1.55. The second-order valence-corrected chi connectivity index (χ2v) is 7.59. The van der Waals surface area contributed by atoms with Crippen LogP contribution in [-0.4, -0.2) is 31.2 Å². The maximum Gasteiger partial charge on any atom is 0.307 e. The molecule has 7 heteroatoms. The fourth-order valence-corrected chi connectivity index (χ4v) is 4.41. The highest BCUT2D eigenvalue weighted by atomic mass is 32.2. The summed E-state index contributed by atoms with van der Waals surface area (Å²) >= 11 is 0. The molecule has 2 N–H and O–H groups in total. The van der Waals surface area contributed by atoms with E-state index in [0.717, 1.165) is 5.56 Å². The normalized spacial score (nSPS) is 25.7. The van der Waals surface area contributed by atoms with E-state index in [1.165, 1.54) is 6.07 Å². The van der Waals surface area contributed by atoms with Crippen molar-refractivity contribution in [3.05, 3.63) is 23.8 Å². The van der Waals surface area contributed by atoms with Crippen LogP contribution in [0.5, 0.6) is 0 Å². The zero-order valence-corrected chi connectivity index (χ0v) is 12.0. The molecule has 1 amide bonds. The Morgan fingerprint density at radius 3 is 2.52 bits per heavy atom. The van der Waals surface area contributed by atoms with Gasteiger partial charge in [-0.05, 0) is 37.0 Å². The van der Waals surface area contributed by atoms with Crippen molar-refractivity contribution >= 4 is 27.4 Å². The van der Waals surface area contributed by atoms with E-state index in [0.29, 0.717) is 24.9 Å². The third-order valence-corrected chi connectivity index (χ3v) is 6.03. The summed E-state index contributed by atoms with van der Waals surface area (Å²) in [4.78, 5) is 23.2. The molecule has 2 aliphatic rings. The number of carbonyl (C=O) groups excluding carboxylic acids is 1. The molecule has 1 saturated carbocycles. The van der Waals surface area contributed by atoms with Crippen molar-refractivity contribution in [3.8, 4) is 0 Å². The standard InChI is InChI=1S/C14H15NO5S/c16-13(10-3-4-11(10)14(17)18)15-9-2-1-8-5-6-21(19,20)12(8)7-9/h1-2,7,10-11H,3-6H2,(H,15,16)(H,17,18). The molecular weight excluding hydrogens is 294 g/mol. The summed E-state index contributed by atoms with van der Waals surface area (Å²) in [5.74, 6) is -2.39. The van der Waals surface area contributed by atoms with Crippen LogP contribution < -0.4 is 5.32 Å². The maximum absolute atomic E-state index is 12.0. The lowest BCUT2D eigenvalue weighted by Gasteiger charge is -2.31. The number of hydrogen-bond acceptors (Lipinski definition) is 4. The molecule has 1 aromatic rings. The maximum atomic E-state index is 12.0. The predicted octanol–water partition coefficient (Wildman–Crippen LogP) is 1.07. The van der Waals surface area contributed by atoms with Crippen LogP contribution in [0, 0.1) is 11.8 Å². The van der Waals surface area contributed by atoms with Crippen molar-refractivity contribution in [2.45, 2.75) is 24.2 Å². The Balaban J connectivity index is 1.78. The summed E-state index contributed by atoms with van der Waals surface area (Å²) < 4.78 is 23.7. The number of amides is 1. The Labute approximate surface area is 122 Å². The Hall–Kier alpha value is -1.89. The van der Waals surface area contributed by atoms with Crippen molar-refractivity contribution in [2.75, 3.05) is 11.1 Å². The molecule has 1 heterocycles. The van der Waals surface area contributed by atoms with Crippen LogP contribution in [-0.2, 0) is 25.8 Å². The van der Waals surface area contributed by atoms with Crippen LogP contribution in [0.15, 0.2) is 23.1 Å². The molecule has 6 nitrogen and oxygen atoms in total. The zero-order chi connectivity index (χ0) is 15.2. The number of benzene rings is 1. The van der Waals surface area contributed by atoms with Gasteiger partial charge in [0.05, 0.1) is 22.5 Å². The fraction of sp³-hybridized carbons (Fsp3) is 0.429. The van der Waals surface area contributed by atoms with Gasteiger partial charge in [0.2, 0.25) is 5.91 Å². The van der Waals surface area contributed by atoms with Crippen LogP contribution in [0.3, 0.4) is 0 Å². The average molecular weight is 309 g/mol. The lowest BCUT2D eigenvalue weighted by atomic mass is 9.73. The second-order valence-electron chi connectivity index (χ2n) is 5.51. The second kappa shape index (κ2) is 4.84. The van der Waals surface area contributed by atoms with Gasteiger partial charge in [0.1, 0.15) is 0 Å². The molecule has 21 heavy (non-hydrogen) atoms. The van der Waals surface area contributed by atoms with E-state index in [2.05, 4.69) is 5.32 Å². The fourth-order valence-electron chi connectivity index (χ4n) is 2.83. The van der Waals surface area contributed by atoms with E-state index in [1.807, 2.05) is 0 Å². The molecule has 0 saturated heterocycles. The minimum absolute atomic E-state index is 0.101. The molecular formula is C14H15NO5S. The lowest BCUT2D eigenvalue weighted by molar-refractivity contribution is -0.151. The molecule has 1 fully saturated rings. The Morgan fingerprint density at radius 2 is 1.90 bits per heavy atom. The van der Waals surface area contributed by atoms with E-state index in [9.17, 15) is 18.0 Å². The minimum Gasteiger partial charge on any atom is -0.481 e. The molecule has 3 rings (SSSR count). The largest absolute Gasteiger partial charge is 0.481 e. The monoisotopic (exact) mass is 309 g/mol. The van der Waals surface area contributed by atoms with Gasteiger partial charge >= 0.3 is 5.97 Å². The molecule has 0 radical (unpaired) electrons. The van der Waals surface area contributed by atoms with Crippen molar-refractivity contribution in [2.24, 2.45) is 11.8 Å². The number of hydrogen-bond donors (Lipinski definition) is 2. The van der Waals surface area contributed by atoms with Gasteiger partial charge in [-0.15, -0.1) is 0 Å². The quantitative estimate of drug-likeness (QED) is 0.869. The van der Waals surface area contributed by atoms with E-state index in [4.69, 9.17) is 5.11 Å². The number of carboxylic acid groups (broad SMARTS) is 1. The number of fused-ring (bicyclic) bond motifs is 1. The summed E-state index contributed by atoms with van der Waals surface area (Å²) in [5, 5.41) is 11.6. The molecule has 1 aliphatic heterocycles.